The van der Waals surface area contributed by atoms with Crippen LogP contribution in [-0.2, 0) is 0 Å². The van der Waals surface area contributed by atoms with Crippen molar-refractivity contribution in [3.63, 3.8) is 0 Å². The molecule has 2 N–H and O–H groups in total. The van der Waals surface area contributed by atoms with Gasteiger partial charge in [0, 0.05) is 4.88 Å². The Morgan fingerprint density at radius 1 is 1.73 bits per heavy atom. The monoisotopic (exact) mass is 195 g/mol. The van der Waals surface area contributed by atoms with Crippen LogP contribution in [0.4, 0.5) is 4.39 Å². The highest BCUT2D eigenvalue weighted by Crippen LogP contribution is 2.21. The van der Waals surface area contributed by atoms with Crippen LogP contribution in [0, 0.1) is 6.92 Å². The average molecular weight is 196 g/mol. The second-order valence-electron chi connectivity index (χ2n) is 2.23. The summed E-state index contributed by atoms with van der Waals surface area (Å²) in [5.41, 5.74) is 6.57. The Morgan fingerprint density at radius 3 is 2.73 bits per heavy atom. The number of alkyl halides is 1. The minimum Gasteiger partial charge on any atom is -0.321 e. The number of halogens is 2. The van der Waals surface area contributed by atoms with Crippen LogP contribution in [0.2, 0.25) is 0 Å². The van der Waals surface area contributed by atoms with Crippen LogP contribution in [0.3, 0.4) is 0 Å². The molecule has 11 heavy (non-hydrogen) atoms. The molecule has 0 aliphatic carbocycles. The molecule has 64 valence electrons. The van der Waals surface area contributed by atoms with E-state index < -0.39 is 12.7 Å². The zero-order valence-corrected chi connectivity index (χ0v) is 7.84. The lowest BCUT2D eigenvalue weighted by atomic mass is 10.2. The molecule has 1 rings (SSSR count). The van der Waals surface area contributed by atoms with E-state index in [2.05, 4.69) is 0 Å². The van der Waals surface area contributed by atoms with Crippen molar-refractivity contribution in [2.24, 2.45) is 5.73 Å². The van der Waals surface area contributed by atoms with Gasteiger partial charge in [-0.25, -0.2) is 4.39 Å². The van der Waals surface area contributed by atoms with E-state index in [4.69, 9.17) is 5.73 Å². The summed E-state index contributed by atoms with van der Waals surface area (Å²) in [4.78, 5) is 0.961. The molecule has 0 radical (unpaired) electrons. The molecular formula is C7H11ClFNS. The van der Waals surface area contributed by atoms with E-state index in [-0.39, 0.29) is 12.4 Å². The number of nitrogens with two attached hydrogens (primary N) is 1. The van der Waals surface area contributed by atoms with Gasteiger partial charge in [0.1, 0.15) is 6.67 Å². The third kappa shape index (κ3) is 2.43. The standard InChI is InChI=1S/C7H10FNS.ClH/c1-5-2-3-10-7(5)6(9)4-8;/h2-3,6H,4,9H2,1H3;1H/t6-;/m0./s1. The van der Waals surface area contributed by atoms with Crippen molar-refractivity contribution >= 4 is 23.7 Å². The van der Waals surface area contributed by atoms with Gasteiger partial charge in [0.25, 0.3) is 0 Å². The summed E-state index contributed by atoms with van der Waals surface area (Å²) in [6.45, 7) is 1.47. The van der Waals surface area contributed by atoms with Crippen LogP contribution in [0.5, 0.6) is 0 Å². The Kier molecular flexibility index (Phi) is 4.65. The number of rotatable bonds is 2. The fourth-order valence-corrected chi connectivity index (χ4v) is 1.74. The Bertz CT molecular complexity index is 214. The Labute approximate surface area is 75.8 Å². The van der Waals surface area contributed by atoms with Gasteiger partial charge in [-0.1, -0.05) is 0 Å². The summed E-state index contributed by atoms with van der Waals surface area (Å²) in [6, 6.07) is 1.54. The zero-order chi connectivity index (χ0) is 7.56. The fourth-order valence-electron chi connectivity index (χ4n) is 0.834. The Balaban J connectivity index is 0.000001000. The summed E-state index contributed by atoms with van der Waals surface area (Å²) in [5.74, 6) is 0. The Morgan fingerprint density at radius 2 is 2.36 bits per heavy atom. The molecule has 0 fully saturated rings. The molecule has 1 aromatic heterocycles. The van der Waals surface area contributed by atoms with Gasteiger partial charge < -0.3 is 5.73 Å². The fraction of sp³-hybridized carbons (Fsp3) is 0.429. The van der Waals surface area contributed by atoms with Gasteiger partial charge >= 0.3 is 0 Å². The van der Waals surface area contributed by atoms with Crippen molar-refractivity contribution in [3.05, 3.63) is 21.9 Å². The van der Waals surface area contributed by atoms with Crippen molar-refractivity contribution in [3.8, 4) is 0 Å². The van der Waals surface area contributed by atoms with Crippen LogP contribution >= 0.6 is 23.7 Å². The lowest BCUT2D eigenvalue weighted by Crippen LogP contribution is -2.11. The first-order chi connectivity index (χ1) is 4.75. The summed E-state index contributed by atoms with van der Waals surface area (Å²) < 4.78 is 12.0. The maximum Gasteiger partial charge on any atom is 0.109 e. The lowest BCUT2D eigenvalue weighted by molar-refractivity contribution is 0.440. The maximum absolute atomic E-state index is 12.0. The summed E-state index contributed by atoms with van der Waals surface area (Å²) in [7, 11) is 0. The third-order valence-corrected chi connectivity index (χ3v) is 2.56. The van der Waals surface area contributed by atoms with Gasteiger partial charge in [-0.05, 0) is 23.9 Å². The van der Waals surface area contributed by atoms with Crippen LogP contribution in [0.15, 0.2) is 11.4 Å². The van der Waals surface area contributed by atoms with Gasteiger partial charge in [-0.3, -0.25) is 0 Å². The molecular weight excluding hydrogens is 185 g/mol. The molecule has 0 aliphatic heterocycles. The maximum atomic E-state index is 12.0. The molecule has 0 saturated heterocycles. The van der Waals surface area contributed by atoms with E-state index in [1.54, 1.807) is 0 Å². The number of aryl methyl sites for hydroxylation is 1. The minimum atomic E-state index is -0.471. The molecule has 1 heterocycles. The van der Waals surface area contributed by atoms with Gasteiger partial charge in [-0.2, -0.15) is 0 Å². The molecule has 1 nitrogen and oxygen atoms in total. The molecule has 0 spiro atoms. The zero-order valence-electron chi connectivity index (χ0n) is 6.21. The van der Waals surface area contributed by atoms with E-state index >= 15 is 0 Å². The smallest absolute Gasteiger partial charge is 0.109 e. The predicted molar refractivity (Wildman–Crippen MR) is 49.2 cm³/mol. The molecule has 0 saturated carbocycles. The third-order valence-electron chi connectivity index (χ3n) is 1.40. The summed E-state index contributed by atoms with van der Waals surface area (Å²) >= 11 is 1.52. The molecule has 0 amide bonds. The second-order valence-corrected chi connectivity index (χ2v) is 3.18. The normalized spacial score (nSPS) is 12.3. The molecule has 0 aromatic carbocycles. The van der Waals surface area contributed by atoms with Crippen LogP contribution in [0.1, 0.15) is 16.5 Å². The van der Waals surface area contributed by atoms with Crippen molar-refractivity contribution in [1.29, 1.82) is 0 Å². The highest BCUT2D eigenvalue weighted by Gasteiger charge is 2.08. The highest BCUT2D eigenvalue weighted by atomic mass is 35.5. The summed E-state index contributed by atoms with van der Waals surface area (Å²) in [6.07, 6.45) is 0. The van der Waals surface area contributed by atoms with E-state index in [0.717, 1.165) is 10.4 Å². The predicted octanol–water partition coefficient (Wildman–Crippen LogP) is 2.45. The molecule has 1 aromatic rings. The molecule has 0 bridgehead atoms. The first-order valence-electron chi connectivity index (χ1n) is 3.11. The van der Waals surface area contributed by atoms with Crippen LogP contribution in [-0.4, -0.2) is 6.67 Å². The first kappa shape index (κ1) is 10.9. The van der Waals surface area contributed by atoms with Crippen molar-refractivity contribution in [2.75, 3.05) is 6.67 Å². The topological polar surface area (TPSA) is 26.0 Å². The summed E-state index contributed by atoms with van der Waals surface area (Å²) in [5, 5.41) is 1.93. The highest BCUT2D eigenvalue weighted by molar-refractivity contribution is 7.10. The Hall–Kier alpha value is -0.120. The molecule has 4 heteroatoms. The van der Waals surface area contributed by atoms with E-state index in [9.17, 15) is 4.39 Å². The average Bonchev–Trinajstić information content (AvgIpc) is 2.34. The van der Waals surface area contributed by atoms with Gasteiger partial charge in [0.05, 0.1) is 6.04 Å². The van der Waals surface area contributed by atoms with E-state index in [1.165, 1.54) is 11.3 Å². The molecule has 0 aliphatic rings. The van der Waals surface area contributed by atoms with Crippen molar-refractivity contribution in [1.82, 2.24) is 0 Å². The number of hydrogen-bond donors (Lipinski definition) is 1. The largest absolute Gasteiger partial charge is 0.321 e. The molecule has 0 unspecified atom stereocenters. The minimum absolute atomic E-state index is 0. The van der Waals surface area contributed by atoms with Gasteiger partial charge in [-0.15, -0.1) is 23.7 Å². The number of hydrogen-bond acceptors (Lipinski definition) is 2. The van der Waals surface area contributed by atoms with Crippen LogP contribution in [0.25, 0.3) is 0 Å². The quantitative estimate of drug-likeness (QED) is 0.771. The van der Waals surface area contributed by atoms with Gasteiger partial charge in [0.15, 0.2) is 0 Å². The van der Waals surface area contributed by atoms with Crippen molar-refractivity contribution < 1.29 is 4.39 Å². The lowest BCUT2D eigenvalue weighted by Gasteiger charge is -2.03. The first-order valence-corrected chi connectivity index (χ1v) is 3.99. The van der Waals surface area contributed by atoms with E-state index in [0.29, 0.717) is 0 Å². The number of thiophene rings is 1. The second kappa shape index (κ2) is 4.70. The van der Waals surface area contributed by atoms with Gasteiger partial charge in [0.2, 0.25) is 0 Å². The van der Waals surface area contributed by atoms with Crippen molar-refractivity contribution in [2.45, 2.75) is 13.0 Å². The molecule has 1 atom stereocenters. The van der Waals surface area contributed by atoms with Crippen LogP contribution < -0.4 is 5.73 Å². The van der Waals surface area contributed by atoms with E-state index in [1.807, 2.05) is 18.4 Å². The SMILES string of the molecule is Cc1ccsc1[C@@H](N)CF.Cl.